The Morgan fingerprint density at radius 1 is 1.02 bits per heavy atom. The van der Waals surface area contributed by atoms with E-state index in [0.717, 1.165) is 34.6 Å². The van der Waals surface area contributed by atoms with Gasteiger partial charge in [0.25, 0.3) is 0 Å². The predicted molar refractivity (Wildman–Crippen MR) is 172 cm³/mol. The molecule has 0 radical (unpaired) electrons. The second-order valence-electron chi connectivity index (χ2n) is 12.9. The largest absolute Gasteiger partial charge is 0.356 e. The molecule has 0 aromatic heterocycles. The lowest BCUT2D eigenvalue weighted by molar-refractivity contribution is -0.145. The van der Waals surface area contributed by atoms with Crippen molar-refractivity contribution in [2.45, 2.75) is 77.0 Å². The number of nitrogens with zero attached hydrogens (tertiary/aromatic N) is 1. The molecule has 0 spiro atoms. The number of nitrogens with one attached hydrogen (secondary N) is 3. The first-order valence-electron chi connectivity index (χ1n) is 15.8. The van der Waals surface area contributed by atoms with Gasteiger partial charge in [0, 0.05) is 30.3 Å². The molecule has 5 rings (SSSR count). The van der Waals surface area contributed by atoms with Crippen molar-refractivity contribution >= 4 is 40.7 Å². The van der Waals surface area contributed by atoms with Gasteiger partial charge in [-0.25, -0.2) is 0 Å². The van der Waals surface area contributed by atoms with Crippen molar-refractivity contribution < 1.29 is 24.0 Å². The summed E-state index contributed by atoms with van der Waals surface area (Å²) < 4.78 is 0. The summed E-state index contributed by atoms with van der Waals surface area (Å²) in [6.45, 7) is 6.17. The number of hydrogen-bond donors (Lipinski definition) is 3. The van der Waals surface area contributed by atoms with Crippen LogP contribution in [0.15, 0.2) is 72.8 Å². The SMILES string of the molecule is CC1C[C@H](NC(=O)[C@H](Cc2cccc3ccccc23)NC(=O)Cc2ccccc2)C(=O)N1[C@H](C=O)C(C)(C)[C@@H]1CCCNC1=O. The standard InChI is InChI=1S/C36H42N4O5/c1-23-19-30(35(45)40(23)31(22-41)36(2,3)28-17-10-18-37-33(28)43)39-34(44)29(38-32(42)20-24-11-5-4-6-12-24)21-26-15-9-14-25-13-7-8-16-27(25)26/h4-9,11-16,22-23,28-31H,10,17-21H2,1-3H3,(H,37,43)(H,38,42)(H,39,44)/t23?,28-,29+,30+,31-/m1/s1. The molecule has 0 aliphatic carbocycles. The first-order chi connectivity index (χ1) is 21.6. The smallest absolute Gasteiger partial charge is 0.246 e. The van der Waals surface area contributed by atoms with Crippen LogP contribution < -0.4 is 16.0 Å². The van der Waals surface area contributed by atoms with E-state index in [-0.39, 0.29) is 36.6 Å². The molecule has 2 fully saturated rings. The highest BCUT2D eigenvalue weighted by molar-refractivity contribution is 5.95. The van der Waals surface area contributed by atoms with Crippen LogP contribution in [0.2, 0.25) is 0 Å². The zero-order chi connectivity index (χ0) is 32.1. The molecule has 45 heavy (non-hydrogen) atoms. The van der Waals surface area contributed by atoms with Gasteiger partial charge in [-0.1, -0.05) is 86.6 Å². The third-order valence-corrected chi connectivity index (χ3v) is 9.46. The summed E-state index contributed by atoms with van der Waals surface area (Å²) in [6, 6.07) is 20.0. The van der Waals surface area contributed by atoms with Gasteiger partial charge in [0.15, 0.2) is 0 Å². The highest BCUT2D eigenvalue weighted by Crippen LogP contribution is 2.40. The second kappa shape index (κ2) is 13.6. The number of benzene rings is 3. The minimum Gasteiger partial charge on any atom is -0.356 e. The Labute approximate surface area is 264 Å². The molecule has 9 nitrogen and oxygen atoms in total. The van der Waals surface area contributed by atoms with Crippen LogP contribution in [0, 0.1) is 11.3 Å². The van der Waals surface area contributed by atoms with E-state index in [1.54, 1.807) is 0 Å². The Hall–Kier alpha value is -4.53. The van der Waals surface area contributed by atoms with Crippen molar-refractivity contribution in [3.63, 3.8) is 0 Å². The molecule has 5 atom stereocenters. The fourth-order valence-corrected chi connectivity index (χ4v) is 6.97. The highest BCUT2D eigenvalue weighted by atomic mass is 16.2. The van der Waals surface area contributed by atoms with E-state index in [0.29, 0.717) is 19.4 Å². The zero-order valence-corrected chi connectivity index (χ0v) is 26.1. The Bertz CT molecular complexity index is 1570. The van der Waals surface area contributed by atoms with Gasteiger partial charge < -0.3 is 25.6 Å². The van der Waals surface area contributed by atoms with E-state index >= 15 is 0 Å². The number of piperidine rings is 1. The number of fused-ring (bicyclic) bond motifs is 1. The number of carbonyl (C=O) groups excluding carboxylic acids is 5. The van der Waals surface area contributed by atoms with Crippen LogP contribution in [0.3, 0.4) is 0 Å². The maximum Gasteiger partial charge on any atom is 0.246 e. The van der Waals surface area contributed by atoms with Crippen LogP contribution in [0.4, 0.5) is 0 Å². The van der Waals surface area contributed by atoms with Crippen molar-refractivity contribution in [2.75, 3.05) is 6.54 Å². The molecule has 2 aliphatic heterocycles. The molecule has 9 heteroatoms. The number of rotatable bonds is 11. The third-order valence-electron chi connectivity index (χ3n) is 9.46. The number of amides is 4. The van der Waals surface area contributed by atoms with E-state index in [4.69, 9.17) is 0 Å². The molecule has 3 aromatic rings. The molecular formula is C36H42N4O5. The molecule has 0 bridgehead atoms. The number of likely N-dealkylation sites (tertiary alicyclic amines) is 1. The topological polar surface area (TPSA) is 125 Å². The van der Waals surface area contributed by atoms with Gasteiger partial charge in [-0.15, -0.1) is 0 Å². The monoisotopic (exact) mass is 610 g/mol. The van der Waals surface area contributed by atoms with Crippen LogP contribution >= 0.6 is 0 Å². The van der Waals surface area contributed by atoms with Gasteiger partial charge in [0.05, 0.1) is 12.5 Å². The van der Waals surface area contributed by atoms with Crippen molar-refractivity contribution in [1.29, 1.82) is 0 Å². The minimum atomic E-state index is -0.937. The number of carbonyl (C=O) groups is 5. The Balaban J connectivity index is 1.35. The second-order valence-corrected chi connectivity index (χ2v) is 12.9. The summed E-state index contributed by atoms with van der Waals surface area (Å²) in [4.78, 5) is 67.7. The summed E-state index contributed by atoms with van der Waals surface area (Å²) in [7, 11) is 0. The van der Waals surface area contributed by atoms with Gasteiger partial charge >= 0.3 is 0 Å². The lowest BCUT2D eigenvalue weighted by Crippen LogP contribution is -2.58. The van der Waals surface area contributed by atoms with Gasteiger partial charge in [-0.2, -0.15) is 0 Å². The number of aldehydes is 1. The van der Waals surface area contributed by atoms with Crippen molar-refractivity contribution in [2.24, 2.45) is 11.3 Å². The number of hydrogen-bond acceptors (Lipinski definition) is 5. The summed E-state index contributed by atoms with van der Waals surface area (Å²) in [5, 5.41) is 10.7. The van der Waals surface area contributed by atoms with Crippen LogP contribution in [-0.2, 0) is 36.8 Å². The van der Waals surface area contributed by atoms with Crippen LogP contribution in [0.25, 0.3) is 10.8 Å². The Morgan fingerprint density at radius 3 is 2.47 bits per heavy atom. The molecule has 3 N–H and O–H groups in total. The summed E-state index contributed by atoms with van der Waals surface area (Å²) in [5.41, 5.74) is 0.913. The first-order valence-corrected chi connectivity index (χ1v) is 15.8. The summed E-state index contributed by atoms with van der Waals surface area (Å²) in [5.74, 6) is -1.66. The van der Waals surface area contributed by atoms with Crippen LogP contribution in [-0.4, -0.2) is 65.5 Å². The molecule has 236 valence electrons. The predicted octanol–water partition coefficient (Wildman–Crippen LogP) is 3.34. The van der Waals surface area contributed by atoms with Gasteiger partial charge in [-0.05, 0) is 48.1 Å². The van der Waals surface area contributed by atoms with Crippen molar-refractivity contribution in [3.8, 4) is 0 Å². The quantitative estimate of drug-likeness (QED) is 0.288. The van der Waals surface area contributed by atoms with Gasteiger partial charge in [0.2, 0.25) is 23.6 Å². The van der Waals surface area contributed by atoms with Crippen molar-refractivity contribution in [3.05, 3.63) is 83.9 Å². The molecule has 2 heterocycles. The molecule has 3 aromatic carbocycles. The first kappa shape index (κ1) is 31.9. The van der Waals surface area contributed by atoms with Gasteiger partial charge in [0.1, 0.15) is 18.4 Å². The van der Waals surface area contributed by atoms with E-state index < -0.39 is 35.4 Å². The molecule has 1 unspecified atom stereocenters. The normalized spacial score (nSPS) is 21.6. The average Bonchev–Trinajstić information content (AvgIpc) is 3.29. The molecule has 0 saturated carbocycles. The average molecular weight is 611 g/mol. The molecular weight excluding hydrogens is 568 g/mol. The maximum absolute atomic E-state index is 13.9. The summed E-state index contributed by atoms with van der Waals surface area (Å²) >= 11 is 0. The lowest BCUT2D eigenvalue weighted by Gasteiger charge is -2.44. The highest BCUT2D eigenvalue weighted by Gasteiger charge is 2.51. The van der Waals surface area contributed by atoms with Crippen LogP contribution in [0.5, 0.6) is 0 Å². The Morgan fingerprint density at radius 2 is 1.73 bits per heavy atom. The third kappa shape index (κ3) is 6.92. The zero-order valence-electron chi connectivity index (χ0n) is 26.1. The molecule has 2 saturated heterocycles. The van der Waals surface area contributed by atoms with E-state index in [1.807, 2.05) is 93.6 Å². The van der Waals surface area contributed by atoms with Crippen molar-refractivity contribution in [1.82, 2.24) is 20.9 Å². The Kier molecular flexibility index (Phi) is 9.65. The summed E-state index contributed by atoms with van der Waals surface area (Å²) in [6.07, 6.45) is 2.85. The van der Waals surface area contributed by atoms with E-state index in [2.05, 4.69) is 16.0 Å². The lowest BCUT2D eigenvalue weighted by atomic mass is 9.69. The van der Waals surface area contributed by atoms with Crippen LogP contribution in [0.1, 0.15) is 51.2 Å². The van der Waals surface area contributed by atoms with E-state index in [9.17, 15) is 24.0 Å². The fraction of sp³-hybridized carbons (Fsp3) is 0.417. The minimum absolute atomic E-state index is 0.107. The molecule has 2 aliphatic rings. The fourth-order valence-electron chi connectivity index (χ4n) is 6.97. The maximum atomic E-state index is 13.9. The van der Waals surface area contributed by atoms with E-state index in [1.165, 1.54) is 4.90 Å². The molecule has 4 amide bonds. The van der Waals surface area contributed by atoms with Gasteiger partial charge in [-0.3, -0.25) is 19.2 Å².